The summed E-state index contributed by atoms with van der Waals surface area (Å²) in [5.74, 6) is 1.85. The number of ether oxygens (including phenoxy) is 1. The number of aromatic nitrogens is 3. The largest absolute Gasteiger partial charge is 0.497 e. The van der Waals surface area contributed by atoms with Crippen molar-refractivity contribution in [2.45, 2.75) is 51.4 Å². The van der Waals surface area contributed by atoms with Crippen molar-refractivity contribution in [2.75, 3.05) is 12.0 Å². The van der Waals surface area contributed by atoms with E-state index in [-0.39, 0.29) is 6.04 Å². The van der Waals surface area contributed by atoms with Crippen molar-refractivity contribution >= 4 is 50.6 Å². The predicted octanol–water partition coefficient (Wildman–Crippen LogP) is 6.55. The van der Waals surface area contributed by atoms with E-state index in [2.05, 4.69) is 70.0 Å². The number of rotatable bonds is 7. The second-order valence-corrected chi connectivity index (χ2v) is 11.6. The molecule has 0 unspecified atom stereocenters. The zero-order chi connectivity index (χ0) is 25.5. The third-order valence-corrected chi connectivity index (χ3v) is 8.55. The molecule has 1 aliphatic carbocycles. The summed E-state index contributed by atoms with van der Waals surface area (Å²) in [5.41, 5.74) is 11.0. The van der Waals surface area contributed by atoms with Gasteiger partial charge >= 0.3 is 0 Å². The van der Waals surface area contributed by atoms with E-state index in [9.17, 15) is 0 Å². The lowest BCUT2D eigenvalue weighted by Crippen LogP contribution is -2.35. The molecule has 2 aromatic carbocycles. The molecule has 1 fully saturated rings. The van der Waals surface area contributed by atoms with E-state index < -0.39 is 0 Å². The Kier molecular flexibility index (Phi) is 6.53. The van der Waals surface area contributed by atoms with Crippen molar-refractivity contribution in [1.82, 2.24) is 14.5 Å². The number of methoxy groups -OCH3 is 1. The molecule has 1 saturated carbocycles. The molecule has 0 saturated heterocycles. The van der Waals surface area contributed by atoms with E-state index in [1.165, 1.54) is 33.4 Å². The zero-order valence-corrected chi connectivity index (χ0v) is 22.6. The average Bonchev–Trinajstić information content (AvgIpc) is 3.61. The van der Waals surface area contributed by atoms with Crippen molar-refractivity contribution in [3.05, 3.63) is 81.4 Å². The monoisotopic (exact) mass is 531 g/mol. The predicted molar refractivity (Wildman–Crippen MR) is 153 cm³/mol. The number of para-hydroxylation sites is 1. The number of halogens is 1. The number of nitrogens with zero attached hydrogens (tertiary/aromatic N) is 4. The molecular weight excluding hydrogens is 502 g/mol. The molecule has 0 amide bonds. The maximum Gasteiger partial charge on any atom is 0.183 e. The molecular formula is C29H30ClN5OS. The van der Waals surface area contributed by atoms with Gasteiger partial charge in [0.1, 0.15) is 11.6 Å². The van der Waals surface area contributed by atoms with E-state index in [4.69, 9.17) is 27.1 Å². The van der Waals surface area contributed by atoms with Crippen LogP contribution < -0.4 is 15.4 Å². The first-order valence-corrected chi connectivity index (χ1v) is 13.8. The van der Waals surface area contributed by atoms with Gasteiger partial charge < -0.3 is 19.9 Å². The number of thiazole rings is 1. The fourth-order valence-corrected chi connectivity index (χ4v) is 6.57. The molecule has 2 N–H and O–H groups in total. The summed E-state index contributed by atoms with van der Waals surface area (Å²) in [6.45, 7) is 3.66. The van der Waals surface area contributed by atoms with Crippen molar-refractivity contribution in [1.29, 1.82) is 0 Å². The third kappa shape index (κ3) is 4.79. The molecule has 0 bridgehead atoms. The third-order valence-electron chi connectivity index (χ3n) is 7.45. The van der Waals surface area contributed by atoms with Crippen molar-refractivity contribution in [3.8, 4) is 5.75 Å². The SMILES string of the molecule is COc1ccc2nc(N(Cc3cn(Cc4cnc(Cl)s4)c4ccccc34)[C@H]3CC[C@H](N)C3)cc(C)c2c1. The Morgan fingerprint density at radius 3 is 2.78 bits per heavy atom. The maximum atomic E-state index is 6.39. The summed E-state index contributed by atoms with van der Waals surface area (Å²) in [7, 11) is 1.70. The summed E-state index contributed by atoms with van der Waals surface area (Å²) in [5, 5.41) is 2.37. The molecule has 0 spiro atoms. The highest BCUT2D eigenvalue weighted by molar-refractivity contribution is 7.15. The highest BCUT2D eigenvalue weighted by atomic mass is 35.5. The van der Waals surface area contributed by atoms with Gasteiger partial charge in [0, 0.05) is 52.2 Å². The Hall–Kier alpha value is -3.13. The molecule has 37 heavy (non-hydrogen) atoms. The first kappa shape index (κ1) is 24.2. The summed E-state index contributed by atoms with van der Waals surface area (Å²) in [4.78, 5) is 13.0. The topological polar surface area (TPSA) is 69.2 Å². The van der Waals surface area contributed by atoms with Gasteiger partial charge in [-0.2, -0.15) is 0 Å². The molecule has 5 aromatic rings. The van der Waals surface area contributed by atoms with Crippen LogP contribution in [0.2, 0.25) is 4.47 Å². The lowest BCUT2D eigenvalue weighted by molar-refractivity contribution is 0.415. The Morgan fingerprint density at radius 1 is 1.16 bits per heavy atom. The number of nitrogens with two attached hydrogens (primary N) is 1. The van der Waals surface area contributed by atoms with Gasteiger partial charge in [-0.3, -0.25) is 0 Å². The second kappa shape index (κ2) is 9.97. The Balaban J connectivity index is 1.41. The van der Waals surface area contributed by atoms with Crippen molar-refractivity contribution in [3.63, 3.8) is 0 Å². The fraction of sp³-hybridized carbons (Fsp3) is 0.310. The van der Waals surface area contributed by atoms with Crippen molar-refractivity contribution < 1.29 is 4.74 Å². The molecule has 6 nitrogen and oxygen atoms in total. The number of hydrogen-bond acceptors (Lipinski definition) is 6. The molecule has 0 aliphatic heterocycles. The van der Waals surface area contributed by atoms with Gasteiger partial charge in [0.15, 0.2) is 4.47 Å². The van der Waals surface area contributed by atoms with Crippen LogP contribution in [0.25, 0.3) is 21.8 Å². The van der Waals surface area contributed by atoms with Crippen LogP contribution in [0.5, 0.6) is 5.75 Å². The molecule has 6 rings (SSSR count). The van der Waals surface area contributed by atoms with E-state index >= 15 is 0 Å². The van der Waals surface area contributed by atoms with Crippen molar-refractivity contribution in [2.24, 2.45) is 5.73 Å². The van der Waals surface area contributed by atoms with Gasteiger partial charge in [-0.1, -0.05) is 29.8 Å². The first-order chi connectivity index (χ1) is 18.0. The summed E-state index contributed by atoms with van der Waals surface area (Å²) < 4.78 is 8.33. The van der Waals surface area contributed by atoms with E-state index in [1.54, 1.807) is 7.11 Å². The van der Waals surface area contributed by atoms with Crippen LogP contribution in [0.3, 0.4) is 0 Å². The van der Waals surface area contributed by atoms with E-state index in [0.29, 0.717) is 10.5 Å². The molecule has 2 atom stereocenters. The van der Waals surface area contributed by atoms with Crippen LogP contribution in [0.4, 0.5) is 5.82 Å². The minimum Gasteiger partial charge on any atom is -0.497 e. The normalized spacial score (nSPS) is 17.6. The number of benzene rings is 2. The number of anilines is 1. The molecule has 3 aromatic heterocycles. The Labute approximate surface area is 225 Å². The van der Waals surface area contributed by atoms with Gasteiger partial charge in [0.05, 0.1) is 19.2 Å². The van der Waals surface area contributed by atoms with Gasteiger partial charge in [0.25, 0.3) is 0 Å². The second-order valence-electron chi connectivity index (χ2n) is 9.91. The standard InChI is InChI=1S/C29H30ClN5OS/c1-18-11-28(33-26-10-9-22(36-2)13-25(18)26)35(21-8-7-20(31)12-21)16-19-15-34(17-23-14-32-29(30)37-23)27-6-4-3-5-24(19)27/h3-6,9-11,13-15,20-21H,7-8,12,16-17,31H2,1-2H3/t20-,21-/m0/s1. The molecule has 1 aliphatic rings. The quantitative estimate of drug-likeness (QED) is 0.258. The van der Waals surface area contributed by atoms with E-state index in [0.717, 1.165) is 59.7 Å². The highest BCUT2D eigenvalue weighted by Crippen LogP contribution is 2.34. The van der Waals surface area contributed by atoms with Crippen LogP contribution in [0.15, 0.2) is 60.9 Å². The fourth-order valence-electron chi connectivity index (χ4n) is 5.59. The van der Waals surface area contributed by atoms with Crippen LogP contribution in [0.1, 0.15) is 35.3 Å². The summed E-state index contributed by atoms with van der Waals surface area (Å²) in [6, 6.07) is 17.5. The van der Waals surface area contributed by atoms with Crippen LogP contribution in [0, 0.1) is 6.92 Å². The number of aryl methyl sites for hydroxylation is 1. The zero-order valence-electron chi connectivity index (χ0n) is 21.0. The number of pyridine rings is 1. The summed E-state index contributed by atoms with van der Waals surface area (Å²) >= 11 is 7.64. The number of fused-ring (bicyclic) bond motifs is 2. The highest BCUT2D eigenvalue weighted by Gasteiger charge is 2.29. The maximum absolute atomic E-state index is 6.39. The van der Waals surface area contributed by atoms with Gasteiger partial charge in [-0.15, -0.1) is 11.3 Å². The minimum atomic E-state index is 0.232. The van der Waals surface area contributed by atoms with E-state index in [1.807, 2.05) is 12.3 Å². The molecule has 0 radical (unpaired) electrons. The molecule has 190 valence electrons. The average molecular weight is 532 g/mol. The molecule has 8 heteroatoms. The Bertz CT molecular complexity index is 1580. The summed E-state index contributed by atoms with van der Waals surface area (Å²) in [6.07, 6.45) is 7.22. The van der Waals surface area contributed by atoms with Crippen LogP contribution >= 0.6 is 22.9 Å². The van der Waals surface area contributed by atoms with Crippen LogP contribution in [-0.2, 0) is 13.1 Å². The molecule has 3 heterocycles. The van der Waals surface area contributed by atoms with Gasteiger partial charge in [-0.05, 0) is 67.6 Å². The number of hydrogen-bond donors (Lipinski definition) is 1. The minimum absolute atomic E-state index is 0.232. The lowest BCUT2D eigenvalue weighted by Gasteiger charge is -2.31. The Morgan fingerprint density at radius 2 is 2.03 bits per heavy atom. The smallest absolute Gasteiger partial charge is 0.183 e. The van der Waals surface area contributed by atoms with Gasteiger partial charge in [0.2, 0.25) is 0 Å². The van der Waals surface area contributed by atoms with Crippen LogP contribution in [-0.4, -0.2) is 33.7 Å². The first-order valence-electron chi connectivity index (χ1n) is 12.6. The lowest BCUT2D eigenvalue weighted by atomic mass is 10.1. The van der Waals surface area contributed by atoms with Gasteiger partial charge in [-0.25, -0.2) is 9.97 Å².